The molecule has 2 atom stereocenters. The lowest BCUT2D eigenvalue weighted by molar-refractivity contribution is -0.142. The predicted molar refractivity (Wildman–Crippen MR) is 130 cm³/mol. The molecule has 224 valence electrons. The van der Waals surface area contributed by atoms with Crippen LogP contribution >= 0.6 is 12.4 Å². The molecule has 10 nitrogen and oxygen atoms in total. The number of amides is 1. The topological polar surface area (TPSA) is 165 Å². The van der Waals surface area contributed by atoms with Gasteiger partial charge < -0.3 is 26.0 Å². The summed E-state index contributed by atoms with van der Waals surface area (Å²) in [5.74, 6) is -2.55. The van der Waals surface area contributed by atoms with Crippen LogP contribution in [0.25, 0.3) is 0 Å². The van der Waals surface area contributed by atoms with Crippen molar-refractivity contribution in [2.75, 3.05) is 0 Å². The molecule has 40 heavy (non-hydrogen) atoms. The van der Waals surface area contributed by atoms with E-state index in [1.165, 1.54) is 6.07 Å². The molecule has 17 heteroatoms. The van der Waals surface area contributed by atoms with Crippen molar-refractivity contribution in [3.8, 4) is 0 Å². The molecule has 2 aromatic heterocycles. The second-order valence-electron chi connectivity index (χ2n) is 8.99. The van der Waals surface area contributed by atoms with E-state index in [9.17, 15) is 40.7 Å². The van der Waals surface area contributed by atoms with Gasteiger partial charge in [0.2, 0.25) is 0 Å². The van der Waals surface area contributed by atoms with Crippen molar-refractivity contribution in [2.24, 2.45) is 5.73 Å². The Morgan fingerprint density at radius 1 is 0.850 bits per heavy atom. The molecule has 0 saturated carbocycles. The quantitative estimate of drug-likeness (QED) is 0.341. The molecule has 2 rings (SSSR count). The molecular weight excluding hydrogens is 578 g/mol. The summed E-state index contributed by atoms with van der Waals surface area (Å²) in [4.78, 5) is 39.6. The van der Waals surface area contributed by atoms with Gasteiger partial charge in [-0.1, -0.05) is 12.1 Å². The molecule has 0 aliphatic heterocycles. The molecule has 0 aromatic carbocycles. The minimum Gasteiger partial charge on any atom is -0.480 e. The summed E-state index contributed by atoms with van der Waals surface area (Å²) in [7, 11) is 0. The summed E-state index contributed by atoms with van der Waals surface area (Å²) in [6, 6.07) is 1.34. The lowest BCUT2D eigenvalue weighted by Crippen LogP contribution is -2.44. The first kappa shape index (κ1) is 36.3. The number of halogens is 7. The third-order valence-electron chi connectivity index (χ3n) is 4.43. The summed E-state index contributed by atoms with van der Waals surface area (Å²) in [5, 5.41) is 19.8. The highest BCUT2D eigenvalue weighted by atomic mass is 35.5. The van der Waals surface area contributed by atoms with Gasteiger partial charge in [0.15, 0.2) is 0 Å². The van der Waals surface area contributed by atoms with Crippen LogP contribution in [0.15, 0.2) is 36.7 Å². The van der Waals surface area contributed by atoms with Gasteiger partial charge in [-0.05, 0) is 50.5 Å². The summed E-state index contributed by atoms with van der Waals surface area (Å²) >= 11 is 0. The molecule has 2 heterocycles. The van der Waals surface area contributed by atoms with E-state index in [0.29, 0.717) is 5.56 Å². The average molecular weight is 605 g/mol. The van der Waals surface area contributed by atoms with E-state index in [-0.39, 0.29) is 30.8 Å². The van der Waals surface area contributed by atoms with Gasteiger partial charge >= 0.3 is 30.4 Å². The highest BCUT2D eigenvalue weighted by Crippen LogP contribution is 2.28. The molecule has 2 aromatic rings. The highest BCUT2D eigenvalue weighted by Gasteiger charge is 2.33. The number of carboxylic acid groups (broad SMARTS) is 2. The molecule has 0 spiro atoms. The lowest BCUT2D eigenvalue weighted by atomic mass is 10.1. The molecule has 0 bridgehead atoms. The zero-order valence-corrected chi connectivity index (χ0v) is 22.0. The zero-order chi connectivity index (χ0) is 30.2. The second-order valence-corrected chi connectivity index (χ2v) is 8.99. The van der Waals surface area contributed by atoms with Crippen LogP contribution in [0.1, 0.15) is 43.3 Å². The smallest absolute Gasteiger partial charge is 0.433 e. The first-order chi connectivity index (χ1) is 17.7. The average Bonchev–Trinajstić information content (AvgIpc) is 2.77. The van der Waals surface area contributed by atoms with Crippen molar-refractivity contribution in [1.82, 2.24) is 15.3 Å². The number of aromatic nitrogens is 2. The van der Waals surface area contributed by atoms with E-state index in [4.69, 9.17) is 20.7 Å². The highest BCUT2D eigenvalue weighted by molar-refractivity contribution is 5.85. The Kier molecular flexibility index (Phi) is 13.3. The Morgan fingerprint density at radius 3 is 1.57 bits per heavy atom. The van der Waals surface area contributed by atoms with Gasteiger partial charge in [0.25, 0.3) is 0 Å². The van der Waals surface area contributed by atoms with E-state index in [1.54, 1.807) is 20.8 Å². The van der Waals surface area contributed by atoms with Crippen molar-refractivity contribution in [3.63, 3.8) is 0 Å². The van der Waals surface area contributed by atoms with Crippen LogP contribution in [-0.2, 0) is 39.5 Å². The van der Waals surface area contributed by atoms with Gasteiger partial charge in [-0.3, -0.25) is 14.8 Å². The van der Waals surface area contributed by atoms with E-state index >= 15 is 0 Å². The lowest BCUT2D eigenvalue weighted by Gasteiger charge is -2.22. The number of hydrogen-bond acceptors (Lipinski definition) is 7. The number of carboxylic acids is 2. The molecule has 0 radical (unpaired) electrons. The first-order valence-corrected chi connectivity index (χ1v) is 10.9. The summed E-state index contributed by atoms with van der Waals surface area (Å²) in [5.41, 5.74) is 2.92. The maximum atomic E-state index is 12.4. The number of ether oxygens (including phenoxy) is 1. The summed E-state index contributed by atoms with van der Waals surface area (Å²) in [6.45, 7) is 4.84. The third kappa shape index (κ3) is 13.4. The van der Waals surface area contributed by atoms with Crippen LogP contribution in [-0.4, -0.2) is 55.9 Å². The second kappa shape index (κ2) is 14.6. The van der Waals surface area contributed by atoms with E-state index < -0.39 is 59.5 Å². The van der Waals surface area contributed by atoms with Crippen molar-refractivity contribution in [2.45, 2.75) is 63.7 Å². The van der Waals surface area contributed by atoms with Crippen LogP contribution in [0.4, 0.5) is 31.1 Å². The largest absolute Gasteiger partial charge is 0.480 e. The number of aliphatic carboxylic acids is 2. The minimum absolute atomic E-state index is 0. The SMILES string of the molecule is CC(C)(C)OC(=O)N[C@H](Cc1ccc(C(F)(F)F)nc1)C(=O)O.Cl.N[C@H](Cc1ccc(C(F)(F)F)nc1)C(=O)O. The fourth-order valence-corrected chi connectivity index (χ4v) is 2.65. The molecule has 0 fully saturated rings. The van der Waals surface area contributed by atoms with Gasteiger partial charge in [0.1, 0.15) is 29.1 Å². The normalized spacial score (nSPS) is 13.1. The van der Waals surface area contributed by atoms with Crippen molar-refractivity contribution in [1.29, 1.82) is 0 Å². The standard InChI is InChI=1S/C14H17F3N2O4.C9H9F3N2O2.ClH/c1-13(2,3)23-12(22)19-9(11(20)21)6-8-4-5-10(18-7-8)14(15,16)17;10-9(11,12)7-2-1-5(4-14-7)3-6(13)8(15)16;/h4-5,7,9H,6H2,1-3H3,(H,19,22)(H,20,21);1-2,4,6H,3,13H2,(H,15,16);1H/t9-;6-;/m11./s1. The Balaban J connectivity index is 0.000000788. The minimum atomic E-state index is -4.57. The summed E-state index contributed by atoms with van der Waals surface area (Å²) in [6.07, 6.45) is -8.36. The number of nitrogens with one attached hydrogen (secondary N) is 1. The molecule has 0 aliphatic carbocycles. The van der Waals surface area contributed by atoms with Gasteiger partial charge in [0, 0.05) is 18.8 Å². The zero-order valence-electron chi connectivity index (χ0n) is 21.2. The fraction of sp³-hybridized carbons (Fsp3) is 0.435. The molecular formula is C23H27ClF6N4O6. The number of carbonyl (C=O) groups is 3. The Bertz CT molecular complexity index is 1120. The third-order valence-corrected chi connectivity index (χ3v) is 4.43. The number of hydrogen-bond donors (Lipinski definition) is 4. The molecule has 1 amide bonds. The van der Waals surface area contributed by atoms with Crippen molar-refractivity contribution >= 4 is 30.4 Å². The Morgan fingerprint density at radius 2 is 1.27 bits per heavy atom. The predicted octanol–water partition coefficient (Wildman–Crippen LogP) is 4.10. The molecule has 5 N–H and O–H groups in total. The number of alkyl halides is 6. The summed E-state index contributed by atoms with van der Waals surface area (Å²) < 4.78 is 78.6. The molecule has 0 unspecified atom stereocenters. The number of carbonyl (C=O) groups excluding carboxylic acids is 1. The monoisotopic (exact) mass is 604 g/mol. The van der Waals surface area contributed by atoms with Crippen LogP contribution in [0, 0.1) is 0 Å². The Labute approximate surface area is 230 Å². The maximum absolute atomic E-state index is 12.4. The van der Waals surface area contributed by atoms with Crippen LogP contribution in [0.2, 0.25) is 0 Å². The fourth-order valence-electron chi connectivity index (χ4n) is 2.65. The number of pyridine rings is 2. The van der Waals surface area contributed by atoms with Crippen molar-refractivity contribution in [3.05, 3.63) is 59.2 Å². The van der Waals surface area contributed by atoms with E-state index in [0.717, 1.165) is 30.6 Å². The molecule has 0 saturated heterocycles. The number of rotatable bonds is 7. The van der Waals surface area contributed by atoms with Crippen LogP contribution < -0.4 is 11.1 Å². The number of nitrogens with two attached hydrogens (primary N) is 1. The van der Waals surface area contributed by atoms with Gasteiger partial charge in [-0.15, -0.1) is 12.4 Å². The first-order valence-electron chi connectivity index (χ1n) is 10.9. The van der Waals surface area contributed by atoms with E-state index in [2.05, 4.69) is 15.3 Å². The van der Waals surface area contributed by atoms with Gasteiger partial charge in [-0.2, -0.15) is 26.3 Å². The number of nitrogens with zero attached hydrogens (tertiary/aromatic N) is 2. The Hall–Kier alpha value is -3.66. The number of alkyl carbamates (subject to hydrolysis) is 1. The van der Waals surface area contributed by atoms with Crippen molar-refractivity contribution < 1.29 is 55.7 Å². The van der Waals surface area contributed by atoms with Gasteiger partial charge in [0.05, 0.1) is 0 Å². The van der Waals surface area contributed by atoms with Crippen LogP contribution in [0.3, 0.4) is 0 Å². The van der Waals surface area contributed by atoms with Crippen LogP contribution in [0.5, 0.6) is 0 Å². The maximum Gasteiger partial charge on any atom is 0.433 e. The van der Waals surface area contributed by atoms with Gasteiger partial charge in [-0.25, -0.2) is 9.59 Å². The van der Waals surface area contributed by atoms with E-state index in [1.807, 2.05) is 0 Å². The molecule has 0 aliphatic rings.